The van der Waals surface area contributed by atoms with E-state index in [0.29, 0.717) is 18.7 Å². The van der Waals surface area contributed by atoms with E-state index in [1.165, 1.54) is 0 Å². The number of unbranched alkanes of at least 4 members (excludes halogenated alkanes) is 2. The van der Waals surface area contributed by atoms with Gasteiger partial charge in [0.25, 0.3) is 0 Å². The second-order valence-corrected chi connectivity index (χ2v) is 3.37. The van der Waals surface area contributed by atoms with Crippen LogP contribution >= 0.6 is 0 Å². The predicted molar refractivity (Wildman–Crippen MR) is 57.5 cm³/mol. The quantitative estimate of drug-likeness (QED) is 0.561. The Balaban J connectivity index is 3.27. The van der Waals surface area contributed by atoms with Gasteiger partial charge in [0.1, 0.15) is 0 Å². The van der Waals surface area contributed by atoms with Gasteiger partial charge in [-0.3, -0.25) is 4.79 Å². The smallest absolute Gasteiger partial charge is 0.318 e. The molecule has 2 amide bonds. The number of nitrogens with one attached hydrogen (secondary N) is 2. The molecule has 0 aliphatic rings. The molecule has 0 radical (unpaired) electrons. The number of hydrogen-bond acceptors (Lipinski definition) is 2. The molecule has 3 N–H and O–H groups in total. The zero-order chi connectivity index (χ0) is 11.7. The van der Waals surface area contributed by atoms with Crippen LogP contribution in [0.25, 0.3) is 0 Å². The summed E-state index contributed by atoms with van der Waals surface area (Å²) in [7, 11) is 0. The minimum Gasteiger partial charge on any atom is -0.481 e. The average molecular weight is 214 g/mol. The molecule has 0 bridgehead atoms. The van der Waals surface area contributed by atoms with Gasteiger partial charge in [-0.1, -0.05) is 13.0 Å². The minimum absolute atomic E-state index is 0.192. The first-order chi connectivity index (χ1) is 7.02. The van der Waals surface area contributed by atoms with Crippen molar-refractivity contribution in [1.29, 1.82) is 0 Å². The van der Waals surface area contributed by atoms with Gasteiger partial charge in [0.05, 0.1) is 0 Å². The monoisotopic (exact) mass is 214 g/mol. The average Bonchev–Trinajstić information content (AvgIpc) is 2.09. The van der Waals surface area contributed by atoms with E-state index in [1.54, 1.807) is 6.92 Å². The molecule has 0 aliphatic carbocycles. The number of allylic oxidation sites excluding steroid dienone is 1. The molecule has 0 unspecified atom stereocenters. The van der Waals surface area contributed by atoms with Gasteiger partial charge in [-0.05, 0) is 19.8 Å². The van der Waals surface area contributed by atoms with Crippen molar-refractivity contribution in [3.8, 4) is 0 Å². The summed E-state index contributed by atoms with van der Waals surface area (Å²) >= 11 is 0. The predicted octanol–water partition coefficient (Wildman–Crippen LogP) is 1.46. The molecular weight excluding hydrogens is 196 g/mol. The van der Waals surface area contributed by atoms with Crippen LogP contribution in [0.1, 0.15) is 32.6 Å². The Bertz CT molecular complexity index is 239. The van der Waals surface area contributed by atoms with Gasteiger partial charge in [0.15, 0.2) is 0 Å². The Labute approximate surface area is 89.6 Å². The van der Waals surface area contributed by atoms with Crippen LogP contribution in [0.5, 0.6) is 0 Å². The maximum Gasteiger partial charge on any atom is 0.318 e. The van der Waals surface area contributed by atoms with Gasteiger partial charge in [-0.25, -0.2) is 4.79 Å². The van der Waals surface area contributed by atoms with Gasteiger partial charge in [0, 0.05) is 18.7 Å². The van der Waals surface area contributed by atoms with E-state index in [2.05, 4.69) is 17.2 Å². The third kappa shape index (κ3) is 10.4. The fraction of sp³-hybridized carbons (Fsp3) is 0.600. The number of carbonyl (C=O) groups is 2. The minimum atomic E-state index is -0.775. The maximum atomic E-state index is 11.0. The third-order valence-corrected chi connectivity index (χ3v) is 1.68. The number of urea groups is 1. The summed E-state index contributed by atoms with van der Waals surface area (Å²) in [4.78, 5) is 21.2. The molecule has 0 atom stereocenters. The van der Waals surface area contributed by atoms with Crippen LogP contribution in [0.4, 0.5) is 4.79 Å². The fourth-order valence-electron chi connectivity index (χ4n) is 1.02. The Morgan fingerprint density at radius 2 is 1.93 bits per heavy atom. The number of hydrogen-bond donors (Lipinski definition) is 3. The Kier molecular flexibility index (Phi) is 7.05. The Morgan fingerprint density at radius 1 is 1.27 bits per heavy atom. The van der Waals surface area contributed by atoms with Crippen LogP contribution < -0.4 is 10.6 Å². The summed E-state index contributed by atoms with van der Waals surface area (Å²) in [6, 6.07) is -0.263. The second-order valence-electron chi connectivity index (χ2n) is 3.37. The van der Waals surface area contributed by atoms with E-state index in [1.807, 2.05) is 0 Å². The van der Waals surface area contributed by atoms with E-state index in [0.717, 1.165) is 12.8 Å². The van der Waals surface area contributed by atoms with Crippen molar-refractivity contribution in [2.24, 2.45) is 0 Å². The zero-order valence-corrected chi connectivity index (χ0v) is 9.01. The number of carboxylic acid groups (broad SMARTS) is 1. The highest BCUT2D eigenvalue weighted by Crippen LogP contribution is 1.98. The van der Waals surface area contributed by atoms with Crippen molar-refractivity contribution >= 4 is 12.0 Å². The molecule has 86 valence electrons. The molecule has 0 aromatic carbocycles. The lowest BCUT2D eigenvalue weighted by Gasteiger charge is -2.06. The van der Waals surface area contributed by atoms with Gasteiger partial charge < -0.3 is 15.7 Å². The molecule has 0 aromatic rings. The van der Waals surface area contributed by atoms with Crippen LogP contribution in [0.2, 0.25) is 0 Å². The second kappa shape index (κ2) is 7.84. The van der Waals surface area contributed by atoms with Crippen molar-refractivity contribution in [3.63, 3.8) is 0 Å². The maximum absolute atomic E-state index is 11.0. The first-order valence-electron chi connectivity index (χ1n) is 4.94. The Hall–Kier alpha value is -1.52. The number of rotatable bonds is 7. The highest BCUT2D eigenvalue weighted by atomic mass is 16.4. The molecule has 0 heterocycles. The van der Waals surface area contributed by atoms with Gasteiger partial charge in [-0.15, -0.1) is 0 Å². The molecule has 0 spiro atoms. The Morgan fingerprint density at radius 3 is 2.47 bits per heavy atom. The normalized spacial score (nSPS) is 9.40. The number of amides is 2. The molecular formula is C10H18N2O3. The van der Waals surface area contributed by atoms with E-state index in [-0.39, 0.29) is 12.5 Å². The molecule has 5 nitrogen and oxygen atoms in total. The molecule has 0 saturated heterocycles. The van der Waals surface area contributed by atoms with E-state index in [4.69, 9.17) is 5.11 Å². The van der Waals surface area contributed by atoms with E-state index < -0.39 is 5.97 Å². The summed E-state index contributed by atoms with van der Waals surface area (Å²) in [5.41, 5.74) is 0.596. The van der Waals surface area contributed by atoms with Crippen molar-refractivity contribution < 1.29 is 14.7 Å². The van der Waals surface area contributed by atoms with E-state index in [9.17, 15) is 9.59 Å². The van der Waals surface area contributed by atoms with Crippen LogP contribution in [0.15, 0.2) is 12.3 Å². The molecule has 0 saturated carbocycles. The summed E-state index contributed by atoms with van der Waals surface area (Å²) in [5.74, 6) is -0.775. The van der Waals surface area contributed by atoms with Crippen molar-refractivity contribution in [2.75, 3.05) is 6.54 Å². The zero-order valence-electron chi connectivity index (χ0n) is 9.01. The van der Waals surface area contributed by atoms with E-state index >= 15 is 0 Å². The van der Waals surface area contributed by atoms with Gasteiger partial charge in [-0.2, -0.15) is 0 Å². The number of carbonyl (C=O) groups excluding carboxylic acids is 1. The largest absolute Gasteiger partial charge is 0.481 e. The molecule has 5 heteroatoms. The lowest BCUT2D eigenvalue weighted by molar-refractivity contribution is -0.137. The molecule has 15 heavy (non-hydrogen) atoms. The number of carboxylic acids is 1. The van der Waals surface area contributed by atoms with Crippen molar-refractivity contribution in [1.82, 2.24) is 10.6 Å². The number of aliphatic carboxylic acids is 1. The standard InChI is InChI=1S/C10H18N2O3/c1-8(2)12-10(15)11-7-5-3-4-6-9(13)14/h1,3-7H2,2H3,(H,13,14)(H2,11,12,15). The first kappa shape index (κ1) is 13.5. The van der Waals surface area contributed by atoms with Crippen LogP contribution in [0.3, 0.4) is 0 Å². The fourth-order valence-corrected chi connectivity index (χ4v) is 1.02. The molecule has 0 aromatic heterocycles. The lowest BCUT2D eigenvalue weighted by Crippen LogP contribution is -2.34. The van der Waals surface area contributed by atoms with Crippen molar-refractivity contribution in [3.05, 3.63) is 12.3 Å². The molecule has 0 aliphatic heterocycles. The highest BCUT2D eigenvalue weighted by molar-refractivity contribution is 5.75. The van der Waals surface area contributed by atoms with Crippen molar-refractivity contribution in [2.45, 2.75) is 32.6 Å². The summed E-state index contributed by atoms with van der Waals surface area (Å²) in [6.45, 7) is 5.79. The molecule has 0 fully saturated rings. The van der Waals surface area contributed by atoms with Gasteiger partial charge >= 0.3 is 12.0 Å². The lowest BCUT2D eigenvalue weighted by atomic mass is 10.2. The van der Waals surface area contributed by atoms with Crippen LogP contribution in [0, 0.1) is 0 Å². The van der Waals surface area contributed by atoms with Crippen LogP contribution in [-0.4, -0.2) is 23.7 Å². The SMILES string of the molecule is C=C(C)NC(=O)NCCCCCC(=O)O. The molecule has 0 rings (SSSR count). The van der Waals surface area contributed by atoms with Gasteiger partial charge in [0.2, 0.25) is 0 Å². The topological polar surface area (TPSA) is 78.4 Å². The first-order valence-corrected chi connectivity index (χ1v) is 4.94. The summed E-state index contributed by atoms with van der Waals surface area (Å²) < 4.78 is 0. The highest BCUT2D eigenvalue weighted by Gasteiger charge is 1.99. The third-order valence-electron chi connectivity index (χ3n) is 1.68. The van der Waals surface area contributed by atoms with Crippen LogP contribution in [-0.2, 0) is 4.79 Å². The summed E-state index contributed by atoms with van der Waals surface area (Å²) in [6.07, 6.45) is 2.44. The summed E-state index contributed by atoms with van der Waals surface area (Å²) in [5, 5.41) is 13.5.